The van der Waals surface area contributed by atoms with E-state index in [1.807, 2.05) is 0 Å². The van der Waals surface area contributed by atoms with Gasteiger partial charge in [0.2, 0.25) is 0 Å². The van der Waals surface area contributed by atoms with Gasteiger partial charge in [-0.25, -0.2) is 0 Å². The lowest BCUT2D eigenvalue weighted by atomic mass is 9.86. The Balaban J connectivity index is 1.23. The average molecular weight is 597 g/mol. The molecule has 0 nitrogen and oxygen atoms in total. The summed E-state index contributed by atoms with van der Waals surface area (Å²) in [6, 6.07) is 31.3. The van der Waals surface area contributed by atoms with Crippen LogP contribution in [0.25, 0.3) is 21.5 Å². The molecule has 4 unspecified atom stereocenters. The minimum Gasteiger partial charge on any atom is -0.0726 e. The highest BCUT2D eigenvalue weighted by Crippen LogP contribution is 2.58. The van der Waals surface area contributed by atoms with E-state index in [0.29, 0.717) is 11.1 Å². The molecule has 0 bridgehead atoms. The quantitative estimate of drug-likeness (QED) is 0.206. The number of benzene rings is 4. The predicted octanol–water partition coefficient (Wildman–Crippen LogP) is 12.1. The molecule has 0 heterocycles. The third-order valence-corrected chi connectivity index (χ3v) is 15.3. The zero-order chi connectivity index (χ0) is 30.7. The molecule has 4 aliphatic carbocycles. The molecule has 8 rings (SSSR count). The van der Waals surface area contributed by atoms with Gasteiger partial charge in [0.05, 0.1) is 8.07 Å². The van der Waals surface area contributed by atoms with Crippen molar-refractivity contribution in [3.05, 3.63) is 190 Å². The fraction of sp³-hybridized carbons (Fsp3) is 0.182. The molecule has 45 heavy (non-hydrogen) atoms. The van der Waals surface area contributed by atoms with E-state index in [0.717, 1.165) is 0 Å². The lowest BCUT2D eigenvalue weighted by Crippen LogP contribution is -2.39. The van der Waals surface area contributed by atoms with Crippen molar-refractivity contribution < 1.29 is 0 Å². The summed E-state index contributed by atoms with van der Waals surface area (Å²) >= 11 is 0. The summed E-state index contributed by atoms with van der Waals surface area (Å²) in [5, 5.41) is 5.34. The van der Waals surface area contributed by atoms with Gasteiger partial charge in [-0.3, -0.25) is 0 Å². The van der Waals surface area contributed by atoms with E-state index in [9.17, 15) is 0 Å². The summed E-state index contributed by atoms with van der Waals surface area (Å²) in [6.07, 6.45) is 23.9. The summed E-state index contributed by atoms with van der Waals surface area (Å²) in [6.45, 7) is 10.1. The van der Waals surface area contributed by atoms with Crippen LogP contribution < -0.4 is 0 Å². The van der Waals surface area contributed by atoms with Crippen LogP contribution >= 0.6 is 0 Å². The number of fused-ring (bicyclic) bond motifs is 2. The van der Waals surface area contributed by atoms with E-state index in [-0.39, 0.29) is 11.8 Å². The SMILES string of the molecule is CC1=CC2=C(C=CC=CC2c2cccc3ccccc23)C1[Si](C)(C)C1C(C)=CC2=C1C=CC=CC2c1cccc2ccccc12. The van der Waals surface area contributed by atoms with E-state index in [2.05, 4.69) is 173 Å². The molecule has 0 spiro atoms. The van der Waals surface area contributed by atoms with E-state index in [1.165, 1.54) is 66.1 Å². The summed E-state index contributed by atoms with van der Waals surface area (Å²) < 4.78 is 0. The highest BCUT2D eigenvalue weighted by atomic mass is 28.3. The second-order valence-electron chi connectivity index (χ2n) is 13.9. The summed E-state index contributed by atoms with van der Waals surface area (Å²) in [5.74, 6) is 0.497. The molecule has 4 aromatic rings. The van der Waals surface area contributed by atoms with Gasteiger partial charge in [0.25, 0.3) is 0 Å². The molecule has 0 fully saturated rings. The maximum atomic E-state index is 2.65. The van der Waals surface area contributed by atoms with Crippen LogP contribution in [0.1, 0.15) is 36.8 Å². The first-order chi connectivity index (χ1) is 21.9. The van der Waals surface area contributed by atoms with Gasteiger partial charge >= 0.3 is 0 Å². The number of rotatable bonds is 4. The van der Waals surface area contributed by atoms with E-state index in [4.69, 9.17) is 0 Å². The Bertz CT molecular complexity index is 1960. The van der Waals surface area contributed by atoms with Gasteiger partial charge in [0.15, 0.2) is 0 Å². The van der Waals surface area contributed by atoms with Crippen LogP contribution in [0.2, 0.25) is 24.2 Å². The van der Waals surface area contributed by atoms with E-state index in [1.54, 1.807) is 0 Å². The molecule has 4 atom stereocenters. The maximum Gasteiger partial charge on any atom is 0.0721 e. The highest BCUT2D eigenvalue weighted by molar-refractivity contribution is 6.83. The molecule has 0 radical (unpaired) electrons. The third kappa shape index (κ3) is 4.48. The average Bonchev–Trinajstić information content (AvgIpc) is 3.39. The highest BCUT2D eigenvalue weighted by Gasteiger charge is 2.48. The van der Waals surface area contributed by atoms with Gasteiger partial charge in [-0.05, 0) is 68.8 Å². The van der Waals surface area contributed by atoms with Gasteiger partial charge in [0.1, 0.15) is 0 Å². The van der Waals surface area contributed by atoms with Crippen molar-refractivity contribution >= 4 is 29.6 Å². The molecule has 0 N–H and O–H groups in total. The Labute approximate surface area is 268 Å². The molecular weight excluding hydrogens is 557 g/mol. The van der Waals surface area contributed by atoms with Crippen molar-refractivity contribution in [1.29, 1.82) is 0 Å². The Hall–Kier alpha value is -4.46. The largest absolute Gasteiger partial charge is 0.0726 e. The first-order valence-electron chi connectivity index (χ1n) is 16.4. The lowest BCUT2D eigenvalue weighted by molar-refractivity contribution is 0.986. The van der Waals surface area contributed by atoms with Gasteiger partial charge in [-0.1, -0.05) is 170 Å². The fourth-order valence-electron chi connectivity index (χ4n) is 9.18. The first kappa shape index (κ1) is 28.0. The zero-order valence-electron chi connectivity index (χ0n) is 26.7. The van der Waals surface area contributed by atoms with Crippen LogP contribution in [0.3, 0.4) is 0 Å². The minimum absolute atomic E-state index is 0.249. The van der Waals surface area contributed by atoms with Crippen molar-refractivity contribution in [2.24, 2.45) is 0 Å². The minimum atomic E-state index is -2.00. The van der Waals surface area contributed by atoms with Gasteiger partial charge in [-0.2, -0.15) is 0 Å². The van der Waals surface area contributed by atoms with Crippen molar-refractivity contribution in [1.82, 2.24) is 0 Å². The van der Waals surface area contributed by atoms with Crippen molar-refractivity contribution in [2.75, 3.05) is 0 Å². The molecule has 0 saturated carbocycles. The monoisotopic (exact) mass is 596 g/mol. The van der Waals surface area contributed by atoms with Gasteiger partial charge in [0, 0.05) is 22.9 Å². The topological polar surface area (TPSA) is 0 Å². The summed E-state index contributed by atoms with van der Waals surface area (Å²) in [5.41, 5.74) is 12.8. The van der Waals surface area contributed by atoms with Crippen LogP contribution in [0.5, 0.6) is 0 Å². The Morgan fingerprint density at radius 3 is 1.36 bits per heavy atom. The third-order valence-electron chi connectivity index (χ3n) is 10.8. The van der Waals surface area contributed by atoms with Crippen LogP contribution in [-0.4, -0.2) is 8.07 Å². The molecular formula is C44H40Si. The van der Waals surface area contributed by atoms with Crippen molar-refractivity contribution in [3.8, 4) is 0 Å². The predicted molar refractivity (Wildman–Crippen MR) is 196 cm³/mol. The standard InChI is InChI=1S/C44H40Si/c1-29-27-41-37(35-25-13-17-31-15-5-7-19-33(31)35)21-9-11-23-39(41)43(29)45(3,4)44-30(2)28-42-38(22-10-12-24-40(42)44)36-26-14-18-32-16-6-8-20-34(32)36/h5-28,37-38,43-44H,1-4H3. The van der Waals surface area contributed by atoms with Crippen LogP contribution in [0.4, 0.5) is 0 Å². The smallest absolute Gasteiger partial charge is 0.0721 e. The van der Waals surface area contributed by atoms with Crippen LogP contribution in [-0.2, 0) is 0 Å². The summed E-state index contributed by atoms with van der Waals surface area (Å²) in [7, 11) is -2.00. The zero-order valence-corrected chi connectivity index (χ0v) is 27.7. The second-order valence-corrected chi connectivity index (χ2v) is 18.7. The molecule has 0 amide bonds. The van der Waals surface area contributed by atoms with Crippen molar-refractivity contribution in [3.63, 3.8) is 0 Å². The number of hydrogen-bond acceptors (Lipinski definition) is 0. The maximum absolute atomic E-state index is 2.65. The molecule has 0 saturated heterocycles. The number of hydrogen-bond donors (Lipinski definition) is 0. The van der Waals surface area contributed by atoms with E-state index >= 15 is 0 Å². The molecule has 0 aromatic heterocycles. The van der Waals surface area contributed by atoms with Gasteiger partial charge < -0.3 is 0 Å². The Morgan fingerprint density at radius 1 is 0.467 bits per heavy atom. The summed E-state index contributed by atoms with van der Waals surface area (Å²) in [4.78, 5) is 0. The molecule has 1 heteroatoms. The Morgan fingerprint density at radius 2 is 0.889 bits per heavy atom. The van der Waals surface area contributed by atoms with Crippen LogP contribution in [0, 0.1) is 0 Å². The first-order valence-corrected chi connectivity index (χ1v) is 19.6. The second kappa shape index (κ2) is 10.9. The molecule has 4 aromatic carbocycles. The fourth-order valence-corrected chi connectivity index (χ4v) is 14.2. The lowest BCUT2D eigenvalue weighted by Gasteiger charge is -2.40. The normalized spacial score (nSPS) is 24.2. The van der Waals surface area contributed by atoms with Crippen LogP contribution in [0.15, 0.2) is 179 Å². The van der Waals surface area contributed by atoms with Gasteiger partial charge in [-0.15, -0.1) is 0 Å². The molecule has 0 aliphatic heterocycles. The number of allylic oxidation sites excluding steroid dienone is 16. The van der Waals surface area contributed by atoms with E-state index < -0.39 is 8.07 Å². The molecule has 220 valence electrons. The Kier molecular flexibility index (Phi) is 6.77. The van der Waals surface area contributed by atoms with Crippen molar-refractivity contribution in [2.45, 2.75) is 49.9 Å². The molecule has 4 aliphatic rings.